The fraction of sp³-hybridized carbons (Fsp3) is 0.172. The van der Waals surface area contributed by atoms with E-state index in [1.54, 1.807) is 0 Å². The van der Waals surface area contributed by atoms with E-state index in [0.29, 0.717) is 5.92 Å². The Balaban J connectivity index is 1.08. The van der Waals surface area contributed by atoms with Gasteiger partial charge >= 0.3 is 0 Å². The summed E-state index contributed by atoms with van der Waals surface area (Å²) in [5.74, 6) is 0.301. The van der Waals surface area contributed by atoms with Crippen molar-refractivity contribution in [2.45, 2.75) is 58.3 Å². The van der Waals surface area contributed by atoms with Gasteiger partial charge in [0.2, 0.25) is 0 Å². The quantitative estimate of drug-likeness (QED) is 0.166. The van der Waals surface area contributed by atoms with E-state index in [1.807, 2.05) is 6.08 Å². The summed E-state index contributed by atoms with van der Waals surface area (Å²) in [4.78, 5) is 4.96. The summed E-state index contributed by atoms with van der Waals surface area (Å²) in [6.07, 6.45) is 28.5. The molecule has 1 unspecified atom stereocenters. The zero-order valence-electron chi connectivity index (χ0n) is 34.9. The van der Waals surface area contributed by atoms with E-state index >= 15 is 0 Å². The zero-order valence-corrected chi connectivity index (χ0v) is 34.9. The number of hydrogen-bond acceptors (Lipinski definition) is 2. The number of anilines is 4. The number of rotatable bonds is 6. The topological polar surface area (TPSA) is 6.48 Å². The summed E-state index contributed by atoms with van der Waals surface area (Å²) in [7, 11) is 0. The highest BCUT2D eigenvalue weighted by Gasteiger charge is 2.39. The molecule has 0 spiro atoms. The number of fused-ring (bicyclic) bond motifs is 5. The Morgan fingerprint density at radius 3 is 2.20 bits per heavy atom. The van der Waals surface area contributed by atoms with E-state index in [9.17, 15) is 0 Å². The molecule has 60 heavy (non-hydrogen) atoms. The Morgan fingerprint density at radius 2 is 1.42 bits per heavy atom. The molecule has 0 saturated heterocycles. The maximum atomic E-state index is 4.24. The number of nitrogens with zero attached hydrogens (tertiary/aromatic N) is 2. The average molecular weight is 775 g/mol. The van der Waals surface area contributed by atoms with Gasteiger partial charge in [-0.15, -0.1) is 0 Å². The van der Waals surface area contributed by atoms with Crippen LogP contribution in [0.1, 0.15) is 86.3 Å². The highest BCUT2D eigenvalue weighted by Crippen LogP contribution is 2.54. The van der Waals surface area contributed by atoms with Crippen LogP contribution in [0, 0.1) is 5.92 Å². The second-order valence-electron chi connectivity index (χ2n) is 17.6. The van der Waals surface area contributed by atoms with Gasteiger partial charge in [-0.05, 0) is 178 Å². The van der Waals surface area contributed by atoms with Gasteiger partial charge in [-0.25, -0.2) is 0 Å². The number of hydrogen-bond donors (Lipinski definition) is 0. The summed E-state index contributed by atoms with van der Waals surface area (Å²) in [5, 5.41) is 0. The summed E-state index contributed by atoms with van der Waals surface area (Å²) >= 11 is 0. The first-order chi connectivity index (χ1) is 29.4. The van der Waals surface area contributed by atoms with E-state index in [1.165, 1.54) is 107 Å². The third-order valence-corrected chi connectivity index (χ3v) is 13.8. The molecule has 0 aromatic heterocycles. The summed E-state index contributed by atoms with van der Waals surface area (Å²) in [5.41, 5.74) is 24.6. The summed E-state index contributed by atoms with van der Waals surface area (Å²) in [6.45, 7) is 11.3. The van der Waals surface area contributed by atoms with Crippen molar-refractivity contribution in [3.63, 3.8) is 0 Å². The molecule has 0 bridgehead atoms. The molecule has 0 fully saturated rings. The molecule has 0 amide bonds. The largest absolute Gasteiger partial charge is 0.314 e. The van der Waals surface area contributed by atoms with Crippen molar-refractivity contribution in [3.8, 4) is 11.1 Å². The predicted molar refractivity (Wildman–Crippen MR) is 256 cm³/mol. The van der Waals surface area contributed by atoms with Crippen LogP contribution in [0.25, 0.3) is 40.0 Å². The lowest BCUT2D eigenvalue weighted by Gasteiger charge is -2.31. The third kappa shape index (κ3) is 5.84. The molecule has 0 radical (unpaired) electrons. The third-order valence-electron chi connectivity index (χ3n) is 13.8. The van der Waals surface area contributed by atoms with Gasteiger partial charge < -0.3 is 9.80 Å². The number of benzene rings is 5. The van der Waals surface area contributed by atoms with E-state index in [-0.39, 0.29) is 5.41 Å². The van der Waals surface area contributed by atoms with Crippen molar-refractivity contribution in [1.29, 1.82) is 0 Å². The SMILES string of the molecule is C=CC1=C(C)C2CC(c3ccc4c(c3)C=Cc3cc5c(cc3N4c3cc(C4=CCCC=C4)cc(-c4ccccc4)c3)C3=C(C=CCC3)C5(C)C)=CC=C2N1c1ccccc1. The van der Waals surface area contributed by atoms with Crippen LogP contribution in [0.15, 0.2) is 187 Å². The Morgan fingerprint density at radius 1 is 0.650 bits per heavy atom. The first kappa shape index (κ1) is 36.4. The highest BCUT2D eigenvalue weighted by atomic mass is 15.2. The molecule has 0 saturated carbocycles. The highest BCUT2D eigenvalue weighted by molar-refractivity contribution is 5.98. The second kappa shape index (κ2) is 14.3. The summed E-state index contributed by atoms with van der Waals surface area (Å²) < 4.78 is 0. The van der Waals surface area contributed by atoms with Crippen molar-refractivity contribution in [2.24, 2.45) is 5.92 Å². The Kier molecular flexibility index (Phi) is 8.67. The van der Waals surface area contributed by atoms with E-state index < -0.39 is 0 Å². The molecule has 6 aliphatic rings. The van der Waals surface area contributed by atoms with Gasteiger partial charge in [-0.1, -0.05) is 124 Å². The van der Waals surface area contributed by atoms with Crippen LogP contribution >= 0.6 is 0 Å². The molecule has 2 nitrogen and oxygen atoms in total. The number of allylic oxidation sites excluding steroid dienone is 13. The average Bonchev–Trinajstić information content (AvgIpc) is 3.63. The van der Waals surface area contributed by atoms with E-state index in [4.69, 9.17) is 0 Å². The van der Waals surface area contributed by atoms with Gasteiger partial charge in [0.15, 0.2) is 0 Å². The molecule has 5 aromatic carbocycles. The maximum absolute atomic E-state index is 4.24. The predicted octanol–water partition coefficient (Wildman–Crippen LogP) is 15.7. The Hall–Kier alpha value is -6.64. The lowest BCUT2D eigenvalue weighted by molar-refractivity contribution is 0.651. The molecular weight excluding hydrogens is 725 g/mol. The minimum absolute atomic E-state index is 0.0456. The van der Waals surface area contributed by atoms with Crippen molar-refractivity contribution >= 4 is 51.6 Å². The van der Waals surface area contributed by atoms with Crippen LogP contribution in [-0.2, 0) is 5.41 Å². The fourth-order valence-electron chi connectivity index (χ4n) is 10.7. The second-order valence-corrected chi connectivity index (χ2v) is 17.6. The van der Waals surface area contributed by atoms with Gasteiger partial charge in [0.05, 0.1) is 11.4 Å². The Bertz CT molecular complexity index is 2880. The Labute approximate surface area is 355 Å². The van der Waals surface area contributed by atoms with Crippen LogP contribution in [0.2, 0.25) is 0 Å². The minimum atomic E-state index is -0.0456. The molecule has 2 aliphatic heterocycles. The first-order valence-electron chi connectivity index (χ1n) is 21.8. The zero-order chi connectivity index (χ0) is 40.5. The minimum Gasteiger partial charge on any atom is -0.314 e. The molecule has 1 atom stereocenters. The molecule has 11 rings (SSSR count). The fourth-order valence-corrected chi connectivity index (χ4v) is 10.7. The molecule has 0 N–H and O–H groups in total. The van der Waals surface area contributed by atoms with Crippen LogP contribution in [0.3, 0.4) is 0 Å². The van der Waals surface area contributed by atoms with Crippen molar-refractivity contribution < 1.29 is 0 Å². The smallest absolute Gasteiger partial charge is 0.0540 e. The van der Waals surface area contributed by atoms with Crippen LogP contribution in [0.5, 0.6) is 0 Å². The maximum Gasteiger partial charge on any atom is 0.0540 e. The normalized spacial score (nSPS) is 19.5. The standard InChI is InChI=1S/C58H50N2/c1-5-54-38(2)50-35-42(28-30-56(50)59(54)47-21-13-8-14-22-47)41-27-29-55-43(31-41)25-26-44-36-53-51(49-23-15-16-24-52(49)58(53,3)4)37-57(44)60(55)48-33-45(39-17-9-6-10-18-39)32-46(34-48)40-19-11-7-12-20-40/h5-6,8-11,13-14,16-22,24-34,36-37,50H,1,7,12,15,23,35H2,2-4H3. The lowest BCUT2D eigenvalue weighted by Crippen LogP contribution is -2.20. The van der Waals surface area contributed by atoms with E-state index in [0.717, 1.165) is 32.1 Å². The summed E-state index contributed by atoms with van der Waals surface area (Å²) in [6, 6.07) is 41.0. The van der Waals surface area contributed by atoms with Crippen molar-refractivity contribution in [2.75, 3.05) is 9.80 Å². The van der Waals surface area contributed by atoms with Crippen LogP contribution < -0.4 is 9.80 Å². The first-order valence-corrected chi connectivity index (χ1v) is 21.8. The van der Waals surface area contributed by atoms with Crippen molar-refractivity contribution in [3.05, 3.63) is 220 Å². The van der Waals surface area contributed by atoms with Crippen LogP contribution in [0.4, 0.5) is 22.7 Å². The lowest BCUT2D eigenvalue weighted by atomic mass is 9.79. The molecule has 2 heteroatoms. The number of para-hydroxylation sites is 1. The van der Waals surface area contributed by atoms with Gasteiger partial charge in [-0.3, -0.25) is 0 Å². The van der Waals surface area contributed by atoms with E-state index in [2.05, 4.69) is 201 Å². The van der Waals surface area contributed by atoms with Gasteiger partial charge in [0.1, 0.15) is 0 Å². The molecule has 292 valence electrons. The van der Waals surface area contributed by atoms with Gasteiger partial charge in [0, 0.05) is 34.1 Å². The van der Waals surface area contributed by atoms with Crippen LogP contribution in [-0.4, -0.2) is 0 Å². The van der Waals surface area contributed by atoms with Gasteiger partial charge in [0.25, 0.3) is 0 Å². The molecule has 4 aliphatic carbocycles. The molecule has 5 aromatic rings. The van der Waals surface area contributed by atoms with Gasteiger partial charge in [-0.2, -0.15) is 0 Å². The monoisotopic (exact) mass is 774 g/mol. The molecular formula is C58H50N2. The molecule has 2 heterocycles. The van der Waals surface area contributed by atoms with Crippen molar-refractivity contribution in [1.82, 2.24) is 0 Å².